The summed E-state index contributed by atoms with van der Waals surface area (Å²) in [5.41, 5.74) is 4.66. The highest BCUT2D eigenvalue weighted by atomic mass is 32.2. The molecule has 8 nitrogen and oxygen atoms in total. The number of hydrogen-bond donors (Lipinski definition) is 2. The van der Waals surface area contributed by atoms with Gasteiger partial charge in [-0.1, -0.05) is 26.0 Å². The Hall–Kier alpha value is -3.34. The summed E-state index contributed by atoms with van der Waals surface area (Å²) >= 11 is 3.43. The van der Waals surface area contributed by atoms with Gasteiger partial charge in [-0.15, -0.1) is 23.1 Å². The second kappa shape index (κ2) is 11.6. The summed E-state index contributed by atoms with van der Waals surface area (Å²) in [4.78, 5) is 28.3. The van der Waals surface area contributed by atoms with Crippen molar-refractivity contribution in [1.29, 1.82) is 0 Å². The highest BCUT2D eigenvalue weighted by Gasteiger charge is 2.28. The quantitative estimate of drug-likeness (QED) is 0.215. The van der Waals surface area contributed by atoms with Crippen LogP contribution in [0.3, 0.4) is 0 Å². The molecule has 6 rings (SSSR count). The fraction of sp³-hybridized carbons (Fsp3) is 0.367. The molecule has 1 amide bonds. The predicted octanol–water partition coefficient (Wildman–Crippen LogP) is 6.67. The van der Waals surface area contributed by atoms with E-state index in [2.05, 4.69) is 47.6 Å². The third-order valence-electron chi connectivity index (χ3n) is 7.21. The summed E-state index contributed by atoms with van der Waals surface area (Å²) in [6.07, 6.45) is 3.15. The molecular weight excluding hydrogens is 541 g/mol. The van der Waals surface area contributed by atoms with Gasteiger partial charge >= 0.3 is 0 Å². The van der Waals surface area contributed by atoms with Crippen LogP contribution in [-0.2, 0) is 11.2 Å². The minimum absolute atomic E-state index is 0.150. The molecule has 0 saturated carbocycles. The number of likely N-dealkylation sites (tertiary alicyclic amines) is 1. The zero-order valence-electron chi connectivity index (χ0n) is 23.1. The largest absolute Gasteiger partial charge is 0.495 e. The third-order valence-corrected chi connectivity index (χ3v) is 9.20. The Balaban J connectivity index is 1.30. The summed E-state index contributed by atoms with van der Waals surface area (Å²) in [7, 11) is 1.66. The predicted molar refractivity (Wildman–Crippen MR) is 166 cm³/mol. The first kappa shape index (κ1) is 26.9. The van der Waals surface area contributed by atoms with Gasteiger partial charge in [0.1, 0.15) is 5.75 Å². The number of ether oxygens (including phenoxy) is 1. The number of anilines is 5. The van der Waals surface area contributed by atoms with Crippen LogP contribution in [0.15, 0.2) is 52.7 Å². The normalized spacial score (nSPS) is 15.2. The number of methoxy groups -OCH3 is 1. The molecule has 2 aliphatic heterocycles. The van der Waals surface area contributed by atoms with E-state index in [1.807, 2.05) is 46.3 Å². The van der Waals surface area contributed by atoms with Gasteiger partial charge in [0, 0.05) is 22.4 Å². The van der Waals surface area contributed by atoms with E-state index in [9.17, 15) is 4.79 Å². The summed E-state index contributed by atoms with van der Waals surface area (Å²) < 4.78 is 6.75. The maximum Gasteiger partial charge on any atom is 0.241 e. The van der Waals surface area contributed by atoms with Crippen molar-refractivity contribution in [3.8, 4) is 5.75 Å². The molecule has 1 fully saturated rings. The molecule has 2 N–H and O–H groups in total. The average molecular weight is 575 g/mol. The van der Waals surface area contributed by atoms with Crippen molar-refractivity contribution in [3.63, 3.8) is 0 Å². The number of para-hydroxylation sites is 1. The van der Waals surface area contributed by atoms with Crippen LogP contribution in [0.5, 0.6) is 5.75 Å². The molecule has 4 aromatic rings. The third kappa shape index (κ3) is 5.61. The van der Waals surface area contributed by atoms with E-state index in [4.69, 9.17) is 14.7 Å². The molecule has 0 spiro atoms. The molecular formula is C30H34N6O2S2. The van der Waals surface area contributed by atoms with Gasteiger partial charge in [-0.25, -0.2) is 4.98 Å². The van der Waals surface area contributed by atoms with Crippen molar-refractivity contribution < 1.29 is 9.53 Å². The number of carbonyl (C=O) groups is 1. The minimum Gasteiger partial charge on any atom is -0.495 e. The molecule has 2 aromatic carbocycles. The smallest absolute Gasteiger partial charge is 0.241 e. The fourth-order valence-corrected chi connectivity index (χ4v) is 7.02. The van der Waals surface area contributed by atoms with Crippen molar-refractivity contribution >= 4 is 68.1 Å². The molecule has 40 heavy (non-hydrogen) atoms. The second-order valence-electron chi connectivity index (χ2n) is 10.4. The van der Waals surface area contributed by atoms with E-state index in [1.54, 1.807) is 18.4 Å². The van der Waals surface area contributed by atoms with Gasteiger partial charge in [-0.2, -0.15) is 4.98 Å². The van der Waals surface area contributed by atoms with Crippen LogP contribution in [0.4, 0.5) is 28.8 Å². The molecule has 0 atom stereocenters. The van der Waals surface area contributed by atoms with Crippen LogP contribution < -0.4 is 20.3 Å². The average Bonchev–Trinajstić information content (AvgIpc) is 3.70. The van der Waals surface area contributed by atoms with Crippen LogP contribution >= 0.6 is 23.1 Å². The Kier molecular flexibility index (Phi) is 7.82. The number of nitrogens with one attached hydrogen (secondary N) is 2. The number of carbonyl (C=O) groups excluding carboxylic acids is 1. The lowest BCUT2D eigenvalue weighted by molar-refractivity contribution is -0.119. The number of amides is 1. The SMILES string of the molecule is COc1cc2c(cc1Nc1nc(Nc3ccccc3SC(C)C)c3sccc3n1)N(C(=O)CN1CCCC1)CC2. The molecule has 0 radical (unpaired) electrons. The monoisotopic (exact) mass is 574 g/mol. The minimum atomic E-state index is 0.150. The maximum atomic E-state index is 13.2. The number of hydrogen-bond acceptors (Lipinski definition) is 9. The van der Waals surface area contributed by atoms with Gasteiger partial charge < -0.3 is 20.3 Å². The zero-order valence-corrected chi connectivity index (χ0v) is 24.7. The molecule has 0 unspecified atom stereocenters. The Labute approximate surface area is 243 Å². The van der Waals surface area contributed by atoms with Crippen LogP contribution in [0.2, 0.25) is 0 Å². The highest BCUT2D eigenvalue weighted by Crippen LogP contribution is 2.40. The van der Waals surface area contributed by atoms with Crippen molar-refractivity contribution in [2.75, 3.05) is 48.8 Å². The molecule has 0 bridgehead atoms. The van der Waals surface area contributed by atoms with E-state index >= 15 is 0 Å². The van der Waals surface area contributed by atoms with Crippen LogP contribution in [0.25, 0.3) is 10.2 Å². The summed E-state index contributed by atoms with van der Waals surface area (Å²) in [5, 5.41) is 9.46. The molecule has 2 aromatic heterocycles. The Morgan fingerprint density at radius 2 is 1.90 bits per heavy atom. The van der Waals surface area contributed by atoms with Crippen LogP contribution in [0, 0.1) is 0 Å². The number of rotatable bonds is 9. The van der Waals surface area contributed by atoms with Gasteiger partial charge in [-0.05, 0) is 73.6 Å². The first-order valence-corrected chi connectivity index (χ1v) is 15.5. The fourth-order valence-electron chi connectivity index (χ4n) is 5.34. The van der Waals surface area contributed by atoms with Gasteiger partial charge in [0.2, 0.25) is 11.9 Å². The van der Waals surface area contributed by atoms with Gasteiger partial charge in [-0.3, -0.25) is 9.69 Å². The molecule has 10 heteroatoms. The molecule has 4 heterocycles. The summed E-state index contributed by atoms with van der Waals surface area (Å²) in [5.74, 6) is 2.07. The number of thiophene rings is 1. The Bertz CT molecular complexity index is 1530. The zero-order chi connectivity index (χ0) is 27.6. The lowest BCUT2D eigenvalue weighted by Gasteiger charge is -2.22. The standard InChI is InChI=1S/C30H34N6O2S2/c1-19(2)40-26-9-5-4-8-21(26)31-29-28-22(11-15-39-28)32-30(34-29)33-23-17-24-20(16-25(23)38-3)10-14-36(24)27(37)18-35-12-6-7-13-35/h4-5,8-9,11,15-17,19H,6-7,10,12-14,18H2,1-3H3,(H2,31,32,33,34). The molecule has 1 saturated heterocycles. The van der Waals surface area contributed by atoms with Gasteiger partial charge in [0.25, 0.3) is 0 Å². The van der Waals surface area contributed by atoms with Crippen molar-refractivity contribution in [2.45, 2.75) is 43.3 Å². The topological polar surface area (TPSA) is 82.6 Å². The lowest BCUT2D eigenvalue weighted by atomic mass is 10.1. The lowest BCUT2D eigenvalue weighted by Crippen LogP contribution is -2.38. The summed E-state index contributed by atoms with van der Waals surface area (Å²) in [6.45, 7) is 7.54. The number of benzene rings is 2. The first-order chi connectivity index (χ1) is 19.5. The number of nitrogens with zero attached hydrogens (tertiary/aromatic N) is 4. The number of fused-ring (bicyclic) bond motifs is 2. The number of aromatic nitrogens is 2. The molecule has 2 aliphatic rings. The number of thioether (sulfide) groups is 1. The van der Waals surface area contributed by atoms with E-state index in [-0.39, 0.29) is 5.91 Å². The van der Waals surface area contributed by atoms with E-state index in [0.717, 1.165) is 58.2 Å². The van der Waals surface area contributed by atoms with Gasteiger partial charge in [0.15, 0.2) is 5.82 Å². The Morgan fingerprint density at radius 3 is 2.70 bits per heavy atom. The van der Waals surface area contributed by atoms with E-state index in [1.165, 1.54) is 17.7 Å². The maximum absolute atomic E-state index is 13.2. The second-order valence-corrected chi connectivity index (χ2v) is 12.9. The van der Waals surface area contributed by atoms with Gasteiger partial charge in [0.05, 0.1) is 35.2 Å². The van der Waals surface area contributed by atoms with E-state index < -0.39 is 0 Å². The van der Waals surface area contributed by atoms with Crippen molar-refractivity contribution in [1.82, 2.24) is 14.9 Å². The van der Waals surface area contributed by atoms with Crippen LogP contribution in [-0.4, -0.2) is 59.3 Å². The van der Waals surface area contributed by atoms with Crippen molar-refractivity contribution in [2.24, 2.45) is 0 Å². The summed E-state index contributed by atoms with van der Waals surface area (Å²) in [6, 6.07) is 14.3. The first-order valence-electron chi connectivity index (χ1n) is 13.8. The van der Waals surface area contributed by atoms with Crippen LogP contribution in [0.1, 0.15) is 32.3 Å². The molecule has 0 aliphatic carbocycles. The highest BCUT2D eigenvalue weighted by molar-refractivity contribution is 8.00. The van der Waals surface area contributed by atoms with Crippen molar-refractivity contribution in [3.05, 3.63) is 53.4 Å². The van der Waals surface area contributed by atoms with E-state index in [0.29, 0.717) is 30.0 Å². The molecule has 208 valence electrons. The Morgan fingerprint density at radius 1 is 1.07 bits per heavy atom.